The lowest BCUT2D eigenvalue weighted by atomic mass is 10.1. The quantitative estimate of drug-likeness (QED) is 0.825. The number of aromatic nitrogens is 2. The van der Waals surface area contributed by atoms with E-state index in [2.05, 4.69) is 10.1 Å². The van der Waals surface area contributed by atoms with E-state index in [-0.39, 0.29) is 0 Å². The van der Waals surface area contributed by atoms with Crippen molar-refractivity contribution in [2.24, 2.45) is 5.73 Å². The molecule has 0 amide bonds. The predicted molar refractivity (Wildman–Crippen MR) is 57.0 cm³/mol. The van der Waals surface area contributed by atoms with Crippen LogP contribution >= 0.6 is 0 Å². The summed E-state index contributed by atoms with van der Waals surface area (Å²) in [6.07, 6.45) is 0.772. The SMILES string of the molecule is CCc1noc(-c2ccccc2CN)n1. The minimum atomic E-state index is 0.472. The van der Waals surface area contributed by atoms with Crippen LogP contribution in [0, 0.1) is 0 Å². The first-order chi connectivity index (χ1) is 7.35. The van der Waals surface area contributed by atoms with Gasteiger partial charge in [-0.2, -0.15) is 4.98 Å². The molecule has 0 spiro atoms. The Morgan fingerprint density at radius 1 is 1.33 bits per heavy atom. The first-order valence-electron chi connectivity index (χ1n) is 4.96. The van der Waals surface area contributed by atoms with Gasteiger partial charge in [-0.3, -0.25) is 0 Å². The molecule has 0 aliphatic heterocycles. The smallest absolute Gasteiger partial charge is 0.258 e. The molecule has 0 aliphatic carbocycles. The Hall–Kier alpha value is -1.68. The van der Waals surface area contributed by atoms with E-state index in [1.54, 1.807) is 0 Å². The molecule has 0 saturated heterocycles. The third kappa shape index (κ3) is 1.89. The first-order valence-corrected chi connectivity index (χ1v) is 4.96. The molecular weight excluding hydrogens is 190 g/mol. The van der Waals surface area contributed by atoms with Gasteiger partial charge in [0.25, 0.3) is 5.89 Å². The van der Waals surface area contributed by atoms with Crippen LogP contribution in [-0.2, 0) is 13.0 Å². The van der Waals surface area contributed by atoms with Gasteiger partial charge in [0.15, 0.2) is 5.82 Å². The highest BCUT2D eigenvalue weighted by Crippen LogP contribution is 2.21. The van der Waals surface area contributed by atoms with Gasteiger partial charge in [0.05, 0.1) is 0 Å². The number of nitrogens with two attached hydrogens (primary N) is 1. The van der Waals surface area contributed by atoms with E-state index in [4.69, 9.17) is 10.3 Å². The van der Waals surface area contributed by atoms with Crippen LogP contribution in [-0.4, -0.2) is 10.1 Å². The molecule has 0 aliphatic rings. The fraction of sp³-hybridized carbons (Fsp3) is 0.273. The Kier molecular flexibility index (Phi) is 2.78. The maximum Gasteiger partial charge on any atom is 0.258 e. The highest BCUT2D eigenvalue weighted by molar-refractivity contribution is 5.58. The second kappa shape index (κ2) is 4.23. The lowest BCUT2D eigenvalue weighted by Gasteiger charge is -2.01. The number of benzene rings is 1. The fourth-order valence-corrected chi connectivity index (χ4v) is 1.41. The van der Waals surface area contributed by atoms with Crippen LogP contribution < -0.4 is 5.73 Å². The van der Waals surface area contributed by atoms with Crippen molar-refractivity contribution in [1.29, 1.82) is 0 Å². The Bertz CT molecular complexity index is 451. The monoisotopic (exact) mass is 203 g/mol. The molecule has 0 saturated carbocycles. The third-order valence-electron chi connectivity index (χ3n) is 2.25. The number of hydrogen-bond acceptors (Lipinski definition) is 4. The predicted octanol–water partition coefficient (Wildman–Crippen LogP) is 1.76. The van der Waals surface area contributed by atoms with Gasteiger partial charge in [-0.05, 0) is 11.6 Å². The Balaban J connectivity index is 2.44. The van der Waals surface area contributed by atoms with Crippen molar-refractivity contribution in [2.45, 2.75) is 19.9 Å². The first kappa shape index (κ1) is 9.86. The van der Waals surface area contributed by atoms with Crippen LogP contribution in [0.4, 0.5) is 0 Å². The van der Waals surface area contributed by atoms with Gasteiger partial charge < -0.3 is 10.3 Å². The molecule has 4 nitrogen and oxygen atoms in total. The van der Waals surface area contributed by atoms with Crippen molar-refractivity contribution in [3.8, 4) is 11.5 Å². The number of rotatable bonds is 3. The lowest BCUT2D eigenvalue weighted by Crippen LogP contribution is -1.98. The van der Waals surface area contributed by atoms with Crippen molar-refractivity contribution in [3.05, 3.63) is 35.7 Å². The second-order valence-corrected chi connectivity index (χ2v) is 3.23. The van der Waals surface area contributed by atoms with Crippen LogP contribution in [0.25, 0.3) is 11.5 Å². The maximum absolute atomic E-state index is 5.64. The Morgan fingerprint density at radius 3 is 2.80 bits per heavy atom. The lowest BCUT2D eigenvalue weighted by molar-refractivity contribution is 0.423. The zero-order chi connectivity index (χ0) is 10.7. The van der Waals surface area contributed by atoms with Crippen molar-refractivity contribution in [1.82, 2.24) is 10.1 Å². The van der Waals surface area contributed by atoms with E-state index in [1.807, 2.05) is 31.2 Å². The molecule has 0 bridgehead atoms. The van der Waals surface area contributed by atoms with E-state index in [9.17, 15) is 0 Å². The second-order valence-electron chi connectivity index (χ2n) is 3.23. The molecule has 1 aromatic carbocycles. The van der Waals surface area contributed by atoms with Gasteiger partial charge in [-0.25, -0.2) is 0 Å². The van der Waals surface area contributed by atoms with Crippen LogP contribution in [0.15, 0.2) is 28.8 Å². The van der Waals surface area contributed by atoms with E-state index >= 15 is 0 Å². The van der Waals surface area contributed by atoms with Crippen molar-refractivity contribution < 1.29 is 4.52 Å². The molecular formula is C11H13N3O. The summed E-state index contributed by atoms with van der Waals surface area (Å²) in [5.41, 5.74) is 7.58. The third-order valence-corrected chi connectivity index (χ3v) is 2.25. The van der Waals surface area contributed by atoms with Crippen LogP contribution in [0.1, 0.15) is 18.3 Å². The average molecular weight is 203 g/mol. The van der Waals surface area contributed by atoms with Gasteiger partial charge in [-0.15, -0.1) is 0 Å². The van der Waals surface area contributed by atoms with Gasteiger partial charge in [-0.1, -0.05) is 30.3 Å². The summed E-state index contributed by atoms with van der Waals surface area (Å²) in [7, 11) is 0. The van der Waals surface area contributed by atoms with Crippen molar-refractivity contribution >= 4 is 0 Å². The van der Waals surface area contributed by atoms with Gasteiger partial charge >= 0.3 is 0 Å². The normalized spacial score (nSPS) is 10.5. The van der Waals surface area contributed by atoms with Crippen LogP contribution in [0.2, 0.25) is 0 Å². The zero-order valence-corrected chi connectivity index (χ0v) is 8.60. The summed E-state index contributed by atoms with van der Waals surface area (Å²) in [4.78, 5) is 4.27. The minimum Gasteiger partial charge on any atom is -0.334 e. The number of nitrogens with zero attached hydrogens (tertiary/aromatic N) is 2. The molecule has 0 atom stereocenters. The Labute approximate surface area is 88.1 Å². The van der Waals surface area contributed by atoms with Crippen molar-refractivity contribution in [2.75, 3.05) is 0 Å². The van der Waals surface area contributed by atoms with Gasteiger partial charge in [0.2, 0.25) is 0 Å². The van der Waals surface area contributed by atoms with Crippen LogP contribution in [0.3, 0.4) is 0 Å². The van der Waals surface area contributed by atoms with Gasteiger partial charge in [0, 0.05) is 18.5 Å². The topological polar surface area (TPSA) is 64.9 Å². The molecule has 4 heteroatoms. The molecule has 0 radical (unpaired) electrons. The summed E-state index contributed by atoms with van der Waals surface area (Å²) in [5, 5.41) is 3.86. The van der Waals surface area contributed by atoms with E-state index in [1.165, 1.54) is 0 Å². The summed E-state index contributed by atoms with van der Waals surface area (Å²) in [6, 6.07) is 7.79. The van der Waals surface area contributed by atoms with E-state index in [0.29, 0.717) is 12.4 Å². The molecule has 78 valence electrons. The minimum absolute atomic E-state index is 0.472. The maximum atomic E-state index is 5.64. The summed E-state index contributed by atoms with van der Waals surface area (Å²) in [6.45, 7) is 2.46. The fourth-order valence-electron chi connectivity index (χ4n) is 1.41. The van der Waals surface area contributed by atoms with Crippen molar-refractivity contribution in [3.63, 3.8) is 0 Å². The summed E-state index contributed by atoms with van der Waals surface area (Å²) in [5.74, 6) is 1.27. The molecule has 15 heavy (non-hydrogen) atoms. The highest BCUT2D eigenvalue weighted by Gasteiger charge is 2.10. The van der Waals surface area contributed by atoms with E-state index < -0.39 is 0 Å². The Morgan fingerprint density at radius 2 is 2.13 bits per heavy atom. The van der Waals surface area contributed by atoms with Gasteiger partial charge in [0.1, 0.15) is 0 Å². The molecule has 1 heterocycles. The number of hydrogen-bond donors (Lipinski definition) is 1. The molecule has 0 unspecified atom stereocenters. The summed E-state index contributed by atoms with van der Waals surface area (Å²) >= 11 is 0. The molecule has 2 rings (SSSR count). The zero-order valence-electron chi connectivity index (χ0n) is 8.60. The molecule has 2 N–H and O–H groups in total. The highest BCUT2D eigenvalue weighted by atomic mass is 16.5. The largest absolute Gasteiger partial charge is 0.334 e. The molecule has 0 fully saturated rings. The number of aryl methyl sites for hydroxylation is 1. The van der Waals surface area contributed by atoms with E-state index in [0.717, 1.165) is 23.4 Å². The average Bonchev–Trinajstić information content (AvgIpc) is 2.77. The molecule has 1 aromatic heterocycles. The van der Waals surface area contributed by atoms with Crippen LogP contribution in [0.5, 0.6) is 0 Å². The summed E-state index contributed by atoms with van der Waals surface area (Å²) < 4.78 is 5.17. The molecule has 2 aromatic rings. The standard InChI is InChI=1S/C11H13N3O/c1-2-10-13-11(15-14-10)9-6-4-3-5-8(9)7-12/h3-6H,2,7,12H2,1H3.